The van der Waals surface area contributed by atoms with Crippen molar-refractivity contribution in [2.75, 3.05) is 12.4 Å². The molecule has 1 aromatic carbocycles. The van der Waals surface area contributed by atoms with E-state index in [-0.39, 0.29) is 22.4 Å². The van der Waals surface area contributed by atoms with Crippen molar-refractivity contribution in [3.63, 3.8) is 0 Å². The molecule has 0 aliphatic heterocycles. The number of halogens is 1. The van der Waals surface area contributed by atoms with Gasteiger partial charge in [0.2, 0.25) is 0 Å². The van der Waals surface area contributed by atoms with E-state index in [0.717, 1.165) is 5.56 Å². The molecule has 1 rings (SSSR count). The van der Waals surface area contributed by atoms with Crippen molar-refractivity contribution in [3.8, 4) is 0 Å². The van der Waals surface area contributed by atoms with Crippen LogP contribution in [0.1, 0.15) is 12.5 Å². The molecule has 0 unspecified atom stereocenters. The molecule has 0 fully saturated rings. The molecule has 0 aliphatic carbocycles. The summed E-state index contributed by atoms with van der Waals surface area (Å²) in [7, 11) is 0. The van der Waals surface area contributed by atoms with Gasteiger partial charge in [0.25, 0.3) is 5.69 Å². The molecule has 0 N–H and O–H groups in total. The molecule has 7 heteroatoms. The summed E-state index contributed by atoms with van der Waals surface area (Å²) in [4.78, 5) is 21.2. The predicted molar refractivity (Wildman–Crippen MR) is 70.9 cm³/mol. The molecular formula is C11H12ClNO4S. The second-order valence-corrected chi connectivity index (χ2v) is 4.73. The molecule has 0 amide bonds. The summed E-state index contributed by atoms with van der Waals surface area (Å²) < 4.78 is 4.77. The molecule has 0 atom stereocenters. The van der Waals surface area contributed by atoms with Gasteiger partial charge in [0.15, 0.2) is 0 Å². The average molecular weight is 290 g/mol. The number of nitro benzene ring substituents is 1. The summed E-state index contributed by atoms with van der Waals surface area (Å²) in [6.07, 6.45) is 0. The third-order valence-electron chi connectivity index (χ3n) is 2.00. The molecule has 0 heterocycles. The van der Waals surface area contributed by atoms with E-state index in [9.17, 15) is 14.9 Å². The van der Waals surface area contributed by atoms with Gasteiger partial charge in [-0.25, -0.2) is 0 Å². The molecule has 98 valence electrons. The Morgan fingerprint density at radius 1 is 1.56 bits per heavy atom. The number of thioether (sulfide) groups is 1. The Morgan fingerprint density at radius 3 is 2.89 bits per heavy atom. The zero-order chi connectivity index (χ0) is 13.5. The summed E-state index contributed by atoms with van der Waals surface area (Å²) in [6, 6.07) is 4.61. The molecule has 0 aromatic heterocycles. The molecule has 0 saturated carbocycles. The highest BCUT2D eigenvalue weighted by molar-refractivity contribution is 7.99. The van der Waals surface area contributed by atoms with Crippen LogP contribution in [-0.2, 0) is 15.3 Å². The van der Waals surface area contributed by atoms with Crippen molar-refractivity contribution < 1.29 is 14.5 Å². The first-order valence-corrected chi connectivity index (χ1v) is 6.74. The molecular weight excluding hydrogens is 278 g/mol. The zero-order valence-electron chi connectivity index (χ0n) is 9.72. The number of esters is 1. The van der Waals surface area contributed by atoms with Crippen molar-refractivity contribution in [1.29, 1.82) is 0 Å². The fourth-order valence-corrected chi connectivity index (χ4v) is 2.20. The Labute approximate surface area is 114 Å². The number of hydrogen-bond donors (Lipinski definition) is 0. The average Bonchev–Trinajstić information content (AvgIpc) is 2.31. The van der Waals surface area contributed by atoms with Gasteiger partial charge in [0, 0.05) is 11.8 Å². The first-order chi connectivity index (χ1) is 8.54. The van der Waals surface area contributed by atoms with E-state index in [1.807, 2.05) is 0 Å². The van der Waals surface area contributed by atoms with Crippen molar-refractivity contribution in [2.45, 2.75) is 12.7 Å². The topological polar surface area (TPSA) is 69.4 Å². The van der Waals surface area contributed by atoms with Crippen LogP contribution >= 0.6 is 23.4 Å². The van der Waals surface area contributed by atoms with Crippen LogP contribution in [0.15, 0.2) is 18.2 Å². The maximum absolute atomic E-state index is 11.1. The Morgan fingerprint density at radius 2 is 2.28 bits per heavy atom. The van der Waals surface area contributed by atoms with Gasteiger partial charge >= 0.3 is 5.97 Å². The number of rotatable bonds is 6. The second kappa shape index (κ2) is 7.23. The number of nitro groups is 1. The van der Waals surface area contributed by atoms with E-state index in [4.69, 9.17) is 16.3 Å². The highest BCUT2D eigenvalue weighted by Gasteiger charge is 2.12. The van der Waals surface area contributed by atoms with E-state index in [0.29, 0.717) is 12.4 Å². The van der Waals surface area contributed by atoms with Crippen LogP contribution in [0, 0.1) is 10.1 Å². The zero-order valence-corrected chi connectivity index (χ0v) is 11.3. The molecule has 0 bridgehead atoms. The lowest BCUT2D eigenvalue weighted by molar-refractivity contribution is -0.384. The largest absolute Gasteiger partial charge is 0.465 e. The van der Waals surface area contributed by atoms with E-state index in [1.165, 1.54) is 23.9 Å². The van der Waals surface area contributed by atoms with Gasteiger partial charge in [0.1, 0.15) is 5.02 Å². The van der Waals surface area contributed by atoms with Crippen molar-refractivity contribution in [1.82, 2.24) is 0 Å². The summed E-state index contributed by atoms with van der Waals surface area (Å²) in [5, 5.41) is 10.8. The van der Waals surface area contributed by atoms with Gasteiger partial charge in [-0.3, -0.25) is 14.9 Å². The van der Waals surface area contributed by atoms with Gasteiger partial charge in [-0.15, -0.1) is 11.8 Å². The molecule has 18 heavy (non-hydrogen) atoms. The van der Waals surface area contributed by atoms with Gasteiger partial charge < -0.3 is 4.74 Å². The SMILES string of the molecule is CCOC(=O)CSCc1ccc(Cl)c([N+](=O)[O-])c1. The lowest BCUT2D eigenvalue weighted by Gasteiger charge is -2.03. The number of benzene rings is 1. The molecule has 5 nitrogen and oxygen atoms in total. The molecule has 1 aromatic rings. The number of nitrogens with zero attached hydrogens (tertiary/aromatic N) is 1. The third-order valence-corrected chi connectivity index (χ3v) is 3.30. The minimum atomic E-state index is -0.526. The lowest BCUT2D eigenvalue weighted by atomic mass is 10.2. The minimum Gasteiger partial charge on any atom is -0.465 e. The second-order valence-electron chi connectivity index (χ2n) is 3.34. The van der Waals surface area contributed by atoms with Crippen LogP contribution in [0.25, 0.3) is 0 Å². The standard InChI is InChI=1S/C11H12ClNO4S/c1-2-17-11(14)7-18-6-8-3-4-9(12)10(5-8)13(15)16/h3-5H,2,6-7H2,1H3. The van der Waals surface area contributed by atoms with Crippen LogP contribution in [0.3, 0.4) is 0 Å². The lowest BCUT2D eigenvalue weighted by Crippen LogP contribution is -2.06. The van der Waals surface area contributed by atoms with E-state index < -0.39 is 4.92 Å². The van der Waals surface area contributed by atoms with Gasteiger partial charge in [0.05, 0.1) is 17.3 Å². The van der Waals surface area contributed by atoms with Crippen molar-refractivity contribution >= 4 is 35.0 Å². The van der Waals surface area contributed by atoms with Gasteiger partial charge in [-0.2, -0.15) is 0 Å². The summed E-state index contributed by atoms with van der Waals surface area (Å²) in [5.41, 5.74) is 0.631. The third kappa shape index (κ3) is 4.54. The normalized spacial score (nSPS) is 10.1. The molecule has 0 radical (unpaired) electrons. The monoisotopic (exact) mass is 289 g/mol. The highest BCUT2D eigenvalue weighted by Crippen LogP contribution is 2.26. The van der Waals surface area contributed by atoms with Gasteiger partial charge in [-0.1, -0.05) is 17.7 Å². The van der Waals surface area contributed by atoms with Gasteiger partial charge in [-0.05, 0) is 18.6 Å². The van der Waals surface area contributed by atoms with E-state index in [2.05, 4.69) is 0 Å². The summed E-state index contributed by atoms with van der Waals surface area (Å²) in [5.74, 6) is 0.437. The first kappa shape index (κ1) is 14.8. The fraction of sp³-hybridized carbons (Fsp3) is 0.364. The summed E-state index contributed by atoms with van der Waals surface area (Å²) in [6.45, 7) is 2.09. The van der Waals surface area contributed by atoms with E-state index in [1.54, 1.807) is 13.0 Å². The fourth-order valence-electron chi connectivity index (χ4n) is 1.24. The van der Waals surface area contributed by atoms with Crippen LogP contribution < -0.4 is 0 Å². The summed E-state index contributed by atoms with van der Waals surface area (Å²) >= 11 is 7.03. The molecule has 0 saturated heterocycles. The van der Waals surface area contributed by atoms with Crippen LogP contribution in [0.2, 0.25) is 5.02 Å². The van der Waals surface area contributed by atoms with Crippen molar-refractivity contribution in [3.05, 3.63) is 38.9 Å². The van der Waals surface area contributed by atoms with Crippen LogP contribution in [0.4, 0.5) is 5.69 Å². The van der Waals surface area contributed by atoms with E-state index >= 15 is 0 Å². The maximum atomic E-state index is 11.1. The maximum Gasteiger partial charge on any atom is 0.315 e. The Kier molecular flexibility index (Phi) is 5.94. The first-order valence-electron chi connectivity index (χ1n) is 5.20. The number of carbonyl (C=O) groups is 1. The number of ether oxygens (including phenoxy) is 1. The Bertz CT molecular complexity index is 453. The number of hydrogen-bond acceptors (Lipinski definition) is 5. The minimum absolute atomic E-state index is 0.110. The smallest absolute Gasteiger partial charge is 0.315 e. The number of carbonyl (C=O) groups excluding carboxylic acids is 1. The highest BCUT2D eigenvalue weighted by atomic mass is 35.5. The Hall–Kier alpha value is -1.27. The molecule has 0 aliphatic rings. The molecule has 0 spiro atoms. The quantitative estimate of drug-likeness (QED) is 0.457. The predicted octanol–water partition coefficient (Wildman–Crippen LogP) is 3.04. The van der Waals surface area contributed by atoms with Crippen LogP contribution in [0.5, 0.6) is 0 Å². The van der Waals surface area contributed by atoms with Crippen LogP contribution in [-0.4, -0.2) is 23.3 Å². The van der Waals surface area contributed by atoms with Crippen molar-refractivity contribution in [2.24, 2.45) is 0 Å². The Balaban J connectivity index is 2.55.